The van der Waals surface area contributed by atoms with Gasteiger partial charge in [-0.25, -0.2) is 0 Å². The van der Waals surface area contributed by atoms with Crippen LogP contribution in [0.1, 0.15) is 15.9 Å². The Morgan fingerprint density at radius 2 is 2.00 bits per heavy atom. The molecule has 5 nitrogen and oxygen atoms in total. The molecule has 0 unspecified atom stereocenters. The van der Waals surface area contributed by atoms with Crippen LogP contribution in [0.4, 0.5) is 5.69 Å². The van der Waals surface area contributed by atoms with Gasteiger partial charge in [0.25, 0.3) is 5.91 Å². The summed E-state index contributed by atoms with van der Waals surface area (Å²) in [6, 6.07) is 10.8. The maximum absolute atomic E-state index is 12.8. The van der Waals surface area contributed by atoms with E-state index < -0.39 is 5.91 Å². The first-order valence-corrected chi connectivity index (χ1v) is 8.67. The van der Waals surface area contributed by atoms with Gasteiger partial charge in [-0.05, 0) is 48.4 Å². The molecule has 1 amide bonds. The first-order valence-electron chi connectivity index (χ1n) is 7.88. The van der Waals surface area contributed by atoms with E-state index in [4.69, 9.17) is 4.74 Å². The highest BCUT2D eigenvalue weighted by atomic mass is 79.9. The fourth-order valence-corrected chi connectivity index (χ4v) is 3.74. The monoisotopic (exact) mass is 398 g/mol. The van der Waals surface area contributed by atoms with Crippen LogP contribution in [0.2, 0.25) is 0 Å². The van der Waals surface area contributed by atoms with Gasteiger partial charge in [0.15, 0.2) is 0 Å². The Labute approximate surface area is 152 Å². The van der Waals surface area contributed by atoms with Crippen molar-refractivity contribution in [3.8, 4) is 5.75 Å². The van der Waals surface area contributed by atoms with E-state index in [1.54, 1.807) is 43.6 Å². The number of nitrogens with zero attached hydrogens (tertiary/aromatic N) is 1. The Morgan fingerprint density at radius 1 is 1.24 bits per heavy atom. The minimum Gasteiger partial charge on any atom is -0.497 e. The lowest BCUT2D eigenvalue weighted by Gasteiger charge is -2.10. The van der Waals surface area contributed by atoms with Crippen LogP contribution >= 0.6 is 15.9 Å². The summed E-state index contributed by atoms with van der Waals surface area (Å²) in [5.74, 6) is 0.295. The summed E-state index contributed by atoms with van der Waals surface area (Å²) in [6.45, 7) is 0.769. The molecule has 0 spiro atoms. The third kappa shape index (κ3) is 2.72. The standard InChI is InChI=1S/C19H15BrN2O3/c1-25-14-4-2-13(3-5-14)21-19(24)16-10-22-7-6-11-8-12(20)9-15(17(11)22)18(16)23/h2-5,8-10H,6-7H2,1H3,(H,21,24). The Kier molecular flexibility index (Phi) is 3.84. The number of benzene rings is 2. The number of aryl methyl sites for hydroxylation is 2. The molecule has 0 saturated heterocycles. The second kappa shape index (κ2) is 6.04. The van der Waals surface area contributed by atoms with Gasteiger partial charge in [0, 0.05) is 28.3 Å². The van der Waals surface area contributed by atoms with Gasteiger partial charge in [-0.15, -0.1) is 0 Å². The largest absolute Gasteiger partial charge is 0.497 e. The summed E-state index contributed by atoms with van der Waals surface area (Å²) in [4.78, 5) is 25.5. The zero-order chi connectivity index (χ0) is 17.6. The summed E-state index contributed by atoms with van der Waals surface area (Å²) in [7, 11) is 1.58. The predicted octanol–water partition coefficient (Wildman–Crippen LogP) is 3.58. The normalized spacial score (nSPS) is 12.4. The number of aromatic nitrogens is 1. The Hall–Kier alpha value is -2.60. The lowest BCUT2D eigenvalue weighted by Crippen LogP contribution is -2.23. The molecule has 1 aliphatic rings. The summed E-state index contributed by atoms with van der Waals surface area (Å²) >= 11 is 3.45. The molecule has 3 aromatic rings. The molecule has 0 saturated carbocycles. The summed E-state index contributed by atoms with van der Waals surface area (Å²) in [5.41, 5.74) is 2.57. The SMILES string of the molecule is COc1ccc(NC(=O)c2cn3c4c(cc(Br)cc4c2=O)CC3)cc1. The van der Waals surface area contributed by atoms with Crippen molar-refractivity contribution in [3.05, 3.63) is 68.4 Å². The quantitative estimate of drug-likeness (QED) is 0.733. The number of carbonyl (C=O) groups is 1. The van der Waals surface area contributed by atoms with Gasteiger partial charge in [0.2, 0.25) is 5.43 Å². The molecule has 0 atom stereocenters. The van der Waals surface area contributed by atoms with E-state index in [0.29, 0.717) is 16.8 Å². The van der Waals surface area contributed by atoms with Crippen LogP contribution in [0, 0.1) is 0 Å². The summed E-state index contributed by atoms with van der Waals surface area (Å²) in [5, 5.41) is 3.35. The number of nitrogens with one attached hydrogen (secondary N) is 1. The molecule has 0 aliphatic carbocycles. The van der Waals surface area contributed by atoms with E-state index in [1.807, 2.05) is 10.6 Å². The highest BCUT2D eigenvalue weighted by Gasteiger charge is 2.21. The molecular weight excluding hydrogens is 384 g/mol. The number of hydrogen-bond acceptors (Lipinski definition) is 3. The maximum Gasteiger partial charge on any atom is 0.261 e. The van der Waals surface area contributed by atoms with Crippen LogP contribution in [0.3, 0.4) is 0 Å². The number of hydrogen-bond donors (Lipinski definition) is 1. The number of rotatable bonds is 3. The molecule has 2 aromatic carbocycles. The van der Waals surface area contributed by atoms with Crippen LogP contribution in [0.5, 0.6) is 5.75 Å². The van der Waals surface area contributed by atoms with Gasteiger partial charge >= 0.3 is 0 Å². The van der Waals surface area contributed by atoms with Crippen LogP contribution in [0.25, 0.3) is 10.9 Å². The molecule has 1 N–H and O–H groups in total. The zero-order valence-corrected chi connectivity index (χ0v) is 15.1. The average molecular weight is 399 g/mol. The zero-order valence-electron chi connectivity index (χ0n) is 13.5. The number of amides is 1. The first-order chi connectivity index (χ1) is 12.1. The van der Waals surface area contributed by atoms with Crippen molar-refractivity contribution in [2.75, 3.05) is 12.4 Å². The lowest BCUT2D eigenvalue weighted by atomic mass is 10.1. The van der Waals surface area contributed by atoms with Crippen molar-refractivity contribution in [1.29, 1.82) is 0 Å². The topological polar surface area (TPSA) is 60.3 Å². The summed E-state index contributed by atoms with van der Waals surface area (Å²) in [6.07, 6.45) is 2.52. The van der Waals surface area contributed by atoms with Crippen LogP contribution < -0.4 is 15.5 Å². The second-order valence-corrected chi connectivity index (χ2v) is 6.87. The van der Waals surface area contributed by atoms with E-state index in [1.165, 1.54) is 0 Å². The highest BCUT2D eigenvalue weighted by Crippen LogP contribution is 2.28. The van der Waals surface area contributed by atoms with Gasteiger partial charge in [-0.1, -0.05) is 15.9 Å². The molecule has 1 aromatic heterocycles. The van der Waals surface area contributed by atoms with Crippen molar-refractivity contribution in [1.82, 2.24) is 4.57 Å². The number of carbonyl (C=O) groups excluding carboxylic acids is 1. The van der Waals surface area contributed by atoms with Crippen LogP contribution in [-0.2, 0) is 13.0 Å². The Balaban J connectivity index is 1.75. The van der Waals surface area contributed by atoms with E-state index in [0.717, 1.165) is 28.5 Å². The van der Waals surface area contributed by atoms with Crippen molar-refractivity contribution >= 4 is 38.4 Å². The third-order valence-electron chi connectivity index (χ3n) is 4.43. The number of methoxy groups -OCH3 is 1. The van der Waals surface area contributed by atoms with Gasteiger partial charge in [-0.3, -0.25) is 9.59 Å². The lowest BCUT2D eigenvalue weighted by molar-refractivity contribution is 0.102. The van der Waals surface area contributed by atoms with Gasteiger partial charge in [0.05, 0.1) is 12.6 Å². The summed E-state index contributed by atoms with van der Waals surface area (Å²) < 4.78 is 7.95. The smallest absolute Gasteiger partial charge is 0.261 e. The molecule has 126 valence electrons. The molecule has 6 heteroatoms. The van der Waals surface area contributed by atoms with Crippen molar-refractivity contribution in [2.24, 2.45) is 0 Å². The Bertz CT molecular complexity index is 1050. The van der Waals surface area contributed by atoms with Crippen molar-refractivity contribution < 1.29 is 9.53 Å². The third-order valence-corrected chi connectivity index (χ3v) is 4.89. The van der Waals surface area contributed by atoms with Crippen LogP contribution in [0.15, 0.2) is 51.9 Å². The number of halogens is 1. The minimum atomic E-state index is -0.408. The molecule has 0 bridgehead atoms. The molecule has 25 heavy (non-hydrogen) atoms. The van der Waals surface area contributed by atoms with Gasteiger partial charge in [-0.2, -0.15) is 0 Å². The molecule has 0 radical (unpaired) electrons. The number of ether oxygens (including phenoxy) is 1. The maximum atomic E-state index is 12.8. The molecule has 2 heterocycles. The minimum absolute atomic E-state index is 0.147. The fourth-order valence-electron chi connectivity index (χ4n) is 3.23. The Morgan fingerprint density at radius 3 is 2.72 bits per heavy atom. The average Bonchev–Trinajstić information content (AvgIpc) is 3.01. The molecule has 4 rings (SSSR count). The fraction of sp³-hybridized carbons (Fsp3) is 0.158. The van der Waals surface area contributed by atoms with E-state index in [2.05, 4.69) is 21.2 Å². The van der Waals surface area contributed by atoms with E-state index in [-0.39, 0.29) is 11.0 Å². The van der Waals surface area contributed by atoms with E-state index >= 15 is 0 Å². The number of anilines is 1. The first kappa shape index (κ1) is 15.9. The van der Waals surface area contributed by atoms with Crippen molar-refractivity contribution in [2.45, 2.75) is 13.0 Å². The van der Waals surface area contributed by atoms with Crippen molar-refractivity contribution in [3.63, 3.8) is 0 Å². The molecular formula is C19H15BrN2O3. The molecule has 1 aliphatic heterocycles. The van der Waals surface area contributed by atoms with E-state index in [9.17, 15) is 9.59 Å². The predicted molar refractivity (Wildman–Crippen MR) is 101 cm³/mol. The number of pyridine rings is 1. The van der Waals surface area contributed by atoms with Gasteiger partial charge < -0.3 is 14.6 Å². The highest BCUT2D eigenvalue weighted by molar-refractivity contribution is 9.10. The second-order valence-electron chi connectivity index (χ2n) is 5.96. The molecule has 0 fully saturated rings. The van der Waals surface area contributed by atoms with Gasteiger partial charge in [0.1, 0.15) is 11.3 Å². The van der Waals surface area contributed by atoms with Crippen LogP contribution in [-0.4, -0.2) is 17.6 Å².